The molecule has 5 nitrogen and oxygen atoms in total. The van der Waals surface area contributed by atoms with E-state index in [2.05, 4.69) is 15.7 Å². The highest BCUT2D eigenvalue weighted by Gasteiger charge is 2.08. The second kappa shape index (κ2) is 5.47. The van der Waals surface area contributed by atoms with Gasteiger partial charge in [0, 0.05) is 11.3 Å². The third-order valence-electron chi connectivity index (χ3n) is 2.88. The van der Waals surface area contributed by atoms with E-state index in [9.17, 15) is 9.18 Å². The summed E-state index contributed by atoms with van der Waals surface area (Å²) in [5, 5.41) is 3.37. The first kappa shape index (κ1) is 13.5. The monoisotopic (exact) mass is 302 g/mol. The Morgan fingerprint density at radius 3 is 2.67 bits per heavy atom. The van der Waals surface area contributed by atoms with E-state index in [1.54, 1.807) is 12.1 Å². The van der Waals surface area contributed by atoms with Crippen LogP contribution < -0.4 is 16.6 Å². The minimum Gasteiger partial charge on any atom is -0.322 e. The molecule has 2 aromatic carbocycles. The first-order valence-electron chi connectivity index (χ1n) is 6.10. The molecule has 1 heterocycles. The van der Waals surface area contributed by atoms with Crippen molar-refractivity contribution in [1.82, 2.24) is 4.98 Å². The Hall–Kier alpha value is -2.51. The fourth-order valence-corrected chi connectivity index (χ4v) is 2.68. The Morgan fingerprint density at radius 2 is 1.95 bits per heavy atom. The lowest BCUT2D eigenvalue weighted by molar-refractivity contribution is 0.102. The van der Waals surface area contributed by atoms with E-state index in [1.807, 2.05) is 6.07 Å². The number of hydrogen-bond donors (Lipinski definition) is 3. The van der Waals surface area contributed by atoms with Gasteiger partial charge in [0.15, 0.2) is 5.13 Å². The number of nitrogens with two attached hydrogens (primary N) is 1. The van der Waals surface area contributed by atoms with E-state index < -0.39 is 0 Å². The number of halogens is 1. The van der Waals surface area contributed by atoms with Crippen molar-refractivity contribution in [2.24, 2.45) is 5.84 Å². The predicted molar refractivity (Wildman–Crippen MR) is 81.8 cm³/mol. The molecule has 0 spiro atoms. The van der Waals surface area contributed by atoms with E-state index in [4.69, 9.17) is 5.84 Å². The van der Waals surface area contributed by atoms with Crippen molar-refractivity contribution in [2.75, 3.05) is 10.7 Å². The molecule has 0 unspecified atom stereocenters. The summed E-state index contributed by atoms with van der Waals surface area (Å²) >= 11 is 1.39. The summed E-state index contributed by atoms with van der Waals surface area (Å²) in [6.07, 6.45) is 0. The van der Waals surface area contributed by atoms with E-state index in [0.29, 0.717) is 16.4 Å². The average Bonchev–Trinajstić information content (AvgIpc) is 2.90. The van der Waals surface area contributed by atoms with Crippen LogP contribution in [0.5, 0.6) is 0 Å². The smallest absolute Gasteiger partial charge is 0.255 e. The summed E-state index contributed by atoms with van der Waals surface area (Å²) in [7, 11) is 0. The summed E-state index contributed by atoms with van der Waals surface area (Å²) in [5.41, 5.74) is 4.33. The molecule has 1 amide bonds. The highest BCUT2D eigenvalue weighted by Crippen LogP contribution is 2.27. The van der Waals surface area contributed by atoms with Gasteiger partial charge in [0.1, 0.15) is 5.82 Å². The third kappa shape index (κ3) is 2.83. The van der Waals surface area contributed by atoms with Crippen molar-refractivity contribution in [3.8, 4) is 0 Å². The van der Waals surface area contributed by atoms with Gasteiger partial charge in [0.25, 0.3) is 5.91 Å². The average molecular weight is 302 g/mol. The molecule has 1 aromatic heterocycles. The highest BCUT2D eigenvalue weighted by molar-refractivity contribution is 7.22. The number of nitrogens with one attached hydrogen (secondary N) is 2. The Labute approximate surface area is 123 Å². The van der Waals surface area contributed by atoms with Gasteiger partial charge in [-0.3, -0.25) is 10.2 Å². The largest absolute Gasteiger partial charge is 0.322 e. The molecule has 0 bridgehead atoms. The van der Waals surface area contributed by atoms with Crippen LogP contribution in [0.15, 0.2) is 42.5 Å². The number of benzene rings is 2. The number of hydrazine groups is 1. The first-order chi connectivity index (χ1) is 10.2. The molecular weight excluding hydrogens is 291 g/mol. The third-order valence-corrected chi connectivity index (χ3v) is 3.83. The Bertz CT molecular complexity index is 800. The van der Waals surface area contributed by atoms with Crippen molar-refractivity contribution in [2.45, 2.75) is 0 Å². The molecular formula is C14H11FN4OS. The van der Waals surface area contributed by atoms with Crippen LogP contribution in [0.2, 0.25) is 0 Å². The van der Waals surface area contributed by atoms with Crippen LogP contribution in [0.4, 0.5) is 15.2 Å². The van der Waals surface area contributed by atoms with Crippen molar-refractivity contribution >= 4 is 38.3 Å². The van der Waals surface area contributed by atoms with Gasteiger partial charge in [-0.1, -0.05) is 11.3 Å². The quantitative estimate of drug-likeness (QED) is 0.513. The van der Waals surface area contributed by atoms with Crippen molar-refractivity contribution in [3.05, 3.63) is 53.8 Å². The Kier molecular flexibility index (Phi) is 3.51. The first-order valence-corrected chi connectivity index (χ1v) is 6.91. The van der Waals surface area contributed by atoms with Crippen molar-refractivity contribution in [1.29, 1.82) is 0 Å². The van der Waals surface area contributed by atoms with Gasteiger partial charge in [0.2, 0.25) is 0 Å². The number of rotatable bonds is 3. The summed E-state index contributed by atoms with van der Waals surface area (Å²) in [4.78, 5) is 16.3. The molecule has 0 aliphatic heterocycles. The molecule has 0 saturated carbocycles. The summed E-state index contributed by atoms with van der Waals surface area (Å²) < 4.78 is 13.7. The Morgan fingerprint density at radius 1 is 1.19 bits per heavy atom. The molecule has 0 aliphatic rings. The number of fused-ring (bicyclic) bond motifs is 1. The van der Waals surface area contributed by atoms with Gasteiger partial charge < -0.3 is 5.32 Å². The number of nitrogens with zero attached hydrogens (tertiary/aromatic N) is 1. The molecule has 3 rings (SSSR count). The van der Waals surface area contributed by atoms with Crippen LogP contribution in [0.3, 0.4) is 0 Å². The maximum atomic E-state index is 12.8. The summed E-state index contributed by atoms with van der Waals surface area (Å²) in [6.45, 7) is 0. The molecule has 0 fully saturated rings. The molecule has 0 radical (unpaired) electrons. The fourth-order valence-electron chi connectivity index (χ4n) is 1.87. The molecule has 4 N–H and O–H groups in total. The number of carbonyl (C=O) groups excluding carboxylic acids is 1. The van der Waals surface area contributed by atoms with E-state index >= 15 is 0 Å². The molecule has 106 valence electrons. The molecule has 21 heavy (non-hydrogen) atoms. The van der Waals surface area contributed by atoms with Gasteiger partial charge >= 0.3 is 0 Å². The topological polar surface area (TPSA) is 80.0 Å². The van der Waals surface area contributed by atoms with Crippen LogP contribution in [-0.2, 0) is 0 Å². The second-order valence-electron chi connectivity index (χ2n) is 4.31. The molecule has 0 saturated heterocycles. The van der Waals surface area contributed by atoms with E-state index in [0.717, 1.165) is 10.2 Å². The van der Waals surface area contributed by atoms with Crippen LogP contribution in [0.1, 0.15) is 10.4 Å². The zero-order valence-corrected chi connectivity index (χ0v) is 11.6. The number of amides is 1. The lowest BCUT2D eigenvalue weighted by atomic mass is 10.2. The SMILES string of the molecule is NNc1nc2ccc(NC(=O)c3ccc(F)cc3)cc2s1. The number of aromatic nitrogens is 1. The minimum absolute atomic E-state index is 0.295. The minimum atomic E-state index is -0.376. The summed E-state index contributed by atoms with van der Waals surface area (Å²) in [5.74, 6) is 4.65. The number of nitrogen functional groups attached to an aromatic ring is 1. The maximum absolute atomic E-state index is 12.8. The van der Waals surface area contributed by atoms with Gasteiger partial charge in [-0.25, -0.2) is 15.2 Å². The Balaban J connectivity index is 1.83. The van der Waals surface area contributed by atoms with Gasteiger partial charge in [0.05, 0.1) is 10.2 Å². The number of thiazole rings is 1. The van der Waals surface area contributed by atoms with E-state index in [1.165, 1.54) is 35.6 Å². The van der Waals surface area contributed by atoms with Crippen molar-refractivity contribution < 1.29 is 9.18 Å². The predicted octanol–water partition coefficient (Wildman–Crippen LogP) is 2.97. The van der Waals surface area contributed by atoms with E-state index in [-0.39, 0.29) is 11.7 Å². The second-order valence-corrected chi connectivity index (χ2v) is 5.34. The molecule has 0 atom stereocenters. The normalized spacial score (nSPS) is 10.6. The summed E-state index contributed by atoms with van der Waals surface area (Å²) in [6, 6.07) is 10.7. The number of carbonyl (C=O) groups is 1. The lowest BCUT2D eigenvalue weighted by Crippen LogP contribution is -2.11. The zero-order valence-electron chi connectivity index (χ0n) is 10.8. The van der Waals surface area contributed by atoms with Gasteiger partial charge in [-0.05, 0) is 42.5 Å². The maximum Gasteiger partial charge on any atom is 0.255 e. The number of anilines is 2. The highest BCUT2D eigenvalue weighted by atomic mass is 32.1. The van der Waals surface area contributed by atoms with Crippen molar-refractivity contribution in [3.63, 3.8) is 0 Å². The zero-order chi connectivity index (χ0) is 14.8. The molecule has 0 aliphatic carbocycles. The molecule has 3 aromatic rings. The van der Waals surface area contributed by atoms with Gasteiger partial charge in [-0.2, -0.15) is 0 Å². The van der Waals surface area contributed by atoms with Crippen LogP contribution in [-0.4, -0.2) is 10.9 Å². The van der Waals surface area contributed by atoms with Crippen LogP contribution >= 0.6 is 11.3 Å². The van der Waals surface area contributed by atoms with Gasteiger partial charge in [-0.15, -0.1) is 0 Å². The lowest BCUT2D eigenvalue weighted by Gasteiger charge is -2.05. The van der Waals surface area contributed by atoms with Crippen LogP contribution in [0, 0.1) is 5.82 Å². The molecule has 7 heteroatoms. The number of hydrogen-bond acceptors (Lipinski definition) is 5. The fraction of sp³-hybridized carbons (Fsp3) is 0. The van der Waals surface area contributed by atoms with Crippen LogP contribution in [0.25, 0.3) is 10.2 Å². The standard InChI is InChI=1S/C14H11FN4OS/c15-9-3-1-8(2-4-9)13(20)17-10-5-6-11-12(7-10)21-14(18-11)19-16/h1-7H,16H2,(H,17,20)(H,18,19).